The Morgan fingerprint density at radius 2 is 1.77 bits per heavy atom. The number of amides is 1. The summed E-state index contributed by atoms with van der Waals surface area (Å²) >= 11 is 7.33. The van der Waals surface area contributed by atoms with E-state index in [1.54, 1.807) is 36.4 Å². The third-order valence-corrected chi connectivity index (χ3v) is 7.85. The highest BCUT2D eigenvalue weighted by Gasteiger charge is 2.49. The van der Waals surface area contributed by atoms with Gasteiger partial charge in [0.1, 0.15) is 0 Å². The summed E-state index contributed by atoms with van der Waals surface area (Å²) in [7, 11) is -3.09. The lowest BCUT2D eigenvalue weighted by atomic mass is 10.2. The van der Waals surface area contributed by atoms with Crippen molar-refractivity contribution in [1.29, 1.82) is 0 Å². The predicted molar refractivity (Wildman–Crippen MR) is 106 cm³/mol. The van der Waals surface area contributed by atoms with Crippen LogP contribution in [0.3, 0.4) is 0 Å². The minimum atomic E-state index is -3.09. The van der Waals surface area contributed by atoms with Crippen LogP contribution in [-0.4, -0.2) is 42.3 Å². The fraction of sp³-hybridized carbons (Fsp3) is 0.222. The third-order valence-electron chi connectivity index (χ3n) is 4.39. The van der Waals surface area contributed by atoms with Crippen LogP contribution in [-0.2, 0) is 9.84 Å². The van der Waals surface area contributed by atoms with Crippen LogP contribution in [0, 0.1) is 0 Å². The number of aliphatic imine (C=N–C) groups is 1. The van der Waals surface area contributed by atoms with Crippen molar-refractivity contribution in [3.63, 3.8) is 0 Å². The number of benzene rings is 2. The number of nitrogens with zero attached hydrogens (tertiary/aromatic N) is 2. The summed E-state index contributed by atoms with van der Waals surface area (Å²) in [5.41, 5.74) is 1.28. The summed E-state index contributed by atoms with van der Waals surface area (Å²) in [6.07, 6.45) is 0. The van der Waals surface area contributed by atoms with Crippen LogP contribution in [0.25, 0.3) is 0 Å². The highest BCUT2D eigenvalue weighted by atomic mass is 35.5. The van der Waals surface area contributed by atoms with E-state index in [-0.39, 0.29) is 28.7 Å². The van der Waals surface area contributed by atoms with Crippen LogP contribution >= 0.6 is 23.4 Å². The lowest BCUT2D eigenvalue weighted by Gasteiger charge is -2.24. The van der Waals surface area contributed by atoms with E-state index in [1.807, 2.05) is 23.1 Å². The number of anilines is 1. The van der Waals surface area contributed by atoms with Crippen molar-refractivity contribution in [3.8, 4) is 0 Å². The fourth-order valence-electron chi connectivity index (χ4n) is 3.20. The van der Waals surface area contributed by atoms with Crippen molar-refractivity contribution in [2.75, 3.05) is 16.4 Å². The van der Waals surface area contributed by atoms with Gasteiger partial charge in [-0.15, -0.1) is 0 Å². The number of halogens is 1. The topological polar surface area (TPSA) is 66.8 Å². The summed E-state index contributed by atoms with van der Waals surface area (Å²) in [5, 5.41) is 0.999. The van der Waals surface area contributed by atoms with Crippen LogP contribution in [0.5, 0.6) is 0 Å². The normalized spacial score (nSPS) is 25.4. The van der Waals surface area contributed by atoms with Gasteiger partial charge in [0, 0.05) is 21.5 Å². The van der Waals surface area contributed by atoms with Crippen molar-refractivity contribution in [3.05, 3.63) is 65.2 Å². The van der Waals surface area contributed by atoms with Crippen molar-refractivity contribution >= 4 is 50.0 Å². The summed E-state index contributed by atoms with van der Waals surface area (Å²) < 4.78 is 24.1. The van der Waals surface area contributed by atoms with Gasteiger partial charge < -0.3 is 4.90 Å². The molecule has 2 atom stereocenters. The number of rotatable bonds is 2. The average Bonchev–Trinajstić information content (AvgIpc) is 3.07. The minimum Gasteiger partial charge on any atom is -0.316 e. The molecule has 2 aromatic rings. The molecule has 0 N–H and O–H groups in total. The Hall–Kier alpha value is -1.83. The van der Waals surface area contributed by atoms with Gasteiger partial charge in [-0.1, -0.05) is 41.6 Å². The van der Waals surface area contributed by atoms with Crippen LogP contribution in [0.15, 0.2) is 59.6 Å². The molecular weight excluding hydrogens is 392 g/mol. The number of carbonyl (C=O) groups is 1. The van der Waals surface area contributed by atoms with Gasteiger partial charge in [-0.25, -0.2) is 8.42 Å². The van der Waals surface area contributed by atoms with E-state index >= 15 is 0 Å². The van der Waals surface area contributed by atoms with E-state index in [4.69, 9.17) is 11.6 Å². The first-order valence-electron chi connectivity index (χ1n) is 8.03. The molecular formula is C18H15ClN2O3S2. The van der Waals surface area contributed by atoms with Gasteiger partial charge in [-0.2, -0.15) is 4.99 Å². The Kier molecular flexibility index (Phi) is 4.54. The molecule has 0 saturated carbocycles. The molecule has 26 heavy (non-hydrogen) atoms. The number of amidine groups is 1. The van der Waals surface area contributed by atoms with E-state index in [0.29, 0.717) is 15.8 Å². The van der Waals surface area contributed by atoms with E-state index in [1.165, 1.54) is 11.8 Å². The Balaban J connectivity index is 1.72. The molecule has 8 heteroatoms. The summed E-state index contributed by atoms with van der Waals surface area (Å²) in [5.74, 6) is -0.175. The molecule has 5 nitrogen and oxygen atoms in total. The molecule has 2 aliphatic rings. The highest BCUT2D eigenvalue weighted by molar-refractivity contribution is 8.16. The Morgan fingerprint density at radius 1 is 1.08 bits per heavy atom. The maximum absolute atomic E-state index is 12.5. The number of hydrogen-bond acceptors (Lipinski definition) is 4. The maximum atomic E-state index is 12.5. The standard InChI is InChI=1S/C18H15ClN2O3S2/c19-13-6-8-14(9-7-13)21-15-10-26(23,24)11-16(15)25-18(21)20-17(22)12-4-2-1-3-5-12/h1-9,15-16H,10-11H2/t15-,16+/m1/s1. The first-order valence-corrected chi connectivity index (χ1v) is 11.1. The Morgan fingerprint density at radius 3 is 2.46 bits per heavy atom. The van der Waals surface area contributed by atoms with Gasteiger partial charge in [0.15, 0.2) is 15.0 Å². The van der Waals surface area contributed by atoms with E-state index in [2.05, 4.69) is 4.99 Å². The molecule has 2 aliphatic heterocycles. The van der Waals surface area contributed by atoms with Crippen LogP contribution in [0.1, 0.15) is 10.4 Å². The fourth-order valence-corrected chi connectivity index (χ4v) is 7.24. The first-order chi connectivity index (χ1) is 12.4. The molecule has 2 aromatic carbocycles. The minimum absolute atomic E-state index is 0.0613. The third kappa shape index (κ3) is 3.39. The van der Waals surface area contributed by atoms with Crippen molar-refractivity contribution in [2.24, 2.45) is 4.99 Å². The zero-order valence-corrected chi connectivity index (χ0v) is 16.0. The second-order valence-electron chi connectivity index (χ2n) is 6.21. The smallest absolute Gasteiger partial charge is 0.279 e. The van der Waals surface area contributed by atoms with Crippen LogP contribution < -0.4 is 4.90 Å². The number of fused-ring (bicyclic) bond motifs is 1. The number of hydrogen-bond donors (Lipinski definition) is 0. The number of thioether (sulfide) groups is 1. The molecule has 0 radical (unpaired) electrons. The SMILES string of the molecule is O=C(N=C1S[C@H]2CS(=O)(=O)C[C@H]2N1c1ccc(Cl)cc1)c1ccccc1. The molecule has 0 spiro atoms. The first kappa shape index (κ1) is 17.6. The molecule has 134 valence electrons. The molecule has 1 amide bonds. The summed E-state index contributed by atoms with van der Waals surface area (Å²) in [6, 6.07) is 15.7. The zero-order valence-electron chi connectivity index (χ0n) is 13.6. The molecule has 2 fully saturated rings. The van der Waals surface area contributed by atoms with Gasteiger partial charge in [0.2, 0.25) is 0 Å². The Bertz CT molecular complexity index is 975. The molecule has 2 saturated heterocycles. The lowest BCUT2D eigenvalue weighted by molar-refractivity contribution is 0.100. The highest BCUT2D eigenvalue weighted by Crippen LogP contribution is 2.41. The predicted octanol–water partition coefficient (Wildman–Crippen LogP) is 3.26. The quantitative estimate of drug-likeness (QED) is 0.765. The van der Waals surface area contributed by atoms with Gasteiger partial charge in [-0.3, -0.25) is 4.79 Å². The molecule has 0 aliphatic carbocycles. The van der Waals surface area contributed by atoms with Gasteiger partial charge in [0.25, 0.3) is 5.91 Å². The van der Waals surface area contributed by atoms with Crippen LogP contribution in [0.4, 0.5) is 5.69 Å². The Labute approximate surface area is 161 Å². The largest absolute Gasteiger partial charge is 0.316 e. The second-order valence-corrected chi connectivity index (χ2v) is 10.0. The summed E-state index contributed by atoms with van der Waals surface area (Å²) in [4.78, 5) is 18.7. The van der Waals surface area contributed by atoms with E-state index in [9.17, 15) is 13.2 Å². The average molecular weight is 407 g/mol. The van der Waals surface area contributed by atoms with Crippen LogP contribution in [0.2, 0.25) is 5.02 Å². The van der Waals surface area contributed by atoms with Gasteiger partial charge >= 0.3 is 0 Å². The van der Waals surface area contributed by atoms with E-state index < -0.39 is 9.84 Å². The van der Waals surface area contributed by atoms with Crippen molar-refractivity contribution in [2.45, 2.75) is 11.3 Å². The molecule has 4 rings (SSSR count). The van der Waals surface area contributed by atoms with Gasteiger partial charge in [-0.05, 0) is 36.4 Å². The lowest BCUT2D eigenvalue weighted by Crippen LogP contribution is -2.37. The zero-order chi connectivity index (χ0) is 18.3. The second kappa shape index (κ2) is 6.72. The number of sulfone groups is 1. The van der Waals surface area contributed by atoms with Crippen molar-refractivity contribution < 1.29 is 13.2 Å². The summed E-state index contributed by atoms with van der Waals surface area (Å²) in [6.45, 7) is 0. The number of carbonyl (C=O) groups excluding carboxylic acids is 1. The molecule has 0 unspecified atom stereocenters. The van der Waals surface area contributed by atoms with E-state index in [0.717, 1.165) is 5.69 Å². The maximum Gasteiger partial charge on any atom is 0.279 e. The van der Waals surface area contributed by atoms with Gasteiger partial charge in [0.05, 0.1) is 17.5 Å². The molecule has 0 aromatic heterocycles. The van der Waals surface area contributed by atoms with Crippen molar-refractivity contribution in [1.82, 2.24) is 0 Å². The monoisotopic (exact) mass is 406 g/mol. The molecule has 0 bridgehead atoms. The molecule has 2 heterocycles.